The van der Waals surface area contributed by atoms with E-state index in [0.29, 0.717) is 0 Å². The van der Waals surface area contributed by atoms with Crippen LogP contribution in [0.25, 0.3) is 31.9 Å². The van der Waals surface area contributed by atoms with Gasteiger partial charge in [0.1, 0.15) is 11.0 Å². The topological polar surface area (TPSA) is 30.7 Å². The molecular weight excluding hydrogens is 382 g/mol. The lowest BCUT2D eigenvalue weighted by atomic mass is 9.91. The number of fused-ring (bicyclic) bond motifs is 1. The second kappa shape index (κ2) is 6.53. The van der Waals surface area contributed by atoms with E-state index in [1.807, 2.05) is 29.7 Å². The van der Waals surface area contributed by atoms with E-state index in [1.165, 1.54) is 64.0 Å². The van der Waals surface area contributed by atoms with E-state index in [9.17, 15) is 0 Å². The van der Waals surface area contributed by atoms with Crippen LogP contribution in [0, 0.1) is 55.4 Å². The third-order valence-electron chi connectivity index (χ3n) is 6.33. The fraction of sp³-hybridized carbons (Fsp3) is 0.391. The van der Waals surface area contributed by atoms with Crippen molar-refractivity contribution < 1.29 is 0 Å². The first-order valence-electron chi connectivity index (χ1n) is 9.61. The maximum absolute atomic E-state index is 4.83. The first-order valence-corrected chi connectivity index (χ1v) is 11.2. The van der Waals surface area contributed by atoms with Crippen LogP contribution >= 0.6 is 22.7 Å². The van der Waals surface area contributed by atoms with Gasteiger partial charge in [0.15, 0.2) is 0 Å². The molecule has 3 aromatic heterocycles. The van der Waals surface area contributed by atoms with Gasteiger partial charge in [0.05, 0.1) is 0 Å². The number of thiophene rings is 2. The van der Waals surface area contributed by atoms with Gasteiger partial charge >= 0.3 is 0 Å². The molecule has 0 aliphatic heterocycles. The summed E-state index contributed by atoms with van der Waals surface area (Å²) in [7, 11) is 1.92. The number of benzene rings is 1. The van der Waals surface area contributed by atoms with Crippen LogP contribution in [0.5, 0.6) is 0 Å². The van der Waals surface area contributed by atoms with E-state index >= 15 is 0 Å². The summed E-state index contributed by atoms with van der Waals surface area (Å²) in [4.78, 5) is 7.16. The van der Waals surface area contributed by atoms with Crippen LogP contribution < -0.4 is 0 Å². The summed E-state index contributed by atoms with van der Waals surface area (Å²) in [5.74, 6) is 0. The standard InChI is InChI=1S/C23H27N3S2/c1-10-14(5)22(27-16(10)7)18-12(3)13(4)19(21-20(18)24-26(9)25-21)23-15(6)11(2)17(8)28-23/h1-9H3. The third-order valence-corrected chi connectivity index (χ3v) is 8.98. The number of aryl methyl sites for hydroxylation is 3. The predicted octanol–water partition coefficient (Wildman–Crippen LogP) is 6.89. The highest BCUT2D eigenvalue weighted by molar-refractivity contribution is 7.16. The highest BCUT2D eigenvalue weighted by atomic mass is 32.1. The molecule has 0 aliphatic carbocycles. The van der Waals surface area contributed by atoms with Gasteiger partial charge in [-0.25, -0.2) is 0 Å². The second-order valence-corrected chi connectivity index (χ2v) is 10.3. The Morgan fingerprint density at radius 1 is 0.536 bits per heavy atom. The summed E-state index contributed by atoms with van der Waals surface area (Å²) in [6, 6.07) is 0. The fourth-order valence-corrected chi connectivity index (χ4v) is 6.53. The summed E-state index contributed by atoms with van der Waals surface area (Å²) >= 11 is 3.76. The van der Waals surface area contributed by atoms with Crippen molar-refractivity contribution in [2.45, 2.75) is 55.4 Å². The van der Waals surface area contributed by atoms with Crippen LogP contribution in [-0.2, 0) is 7.05 Å². The lowest BCUT2D eigenvalue weighted by Crippen LogP contribution is -1.95. The minimum absolute atomic E-state index is 1.02. The van der Waals surface area contributed by atoms with Gasteiger partial charge in [-0.1, -0.05) is 0 Å². The normalized spacial score (nSPS) is 11.8. The first-order chi connectivity index (χ1) is 13.1. The Bertz CT molecular complexity index is 1160. The lowest BCUT2D eigenvalue weighted by Gasteiger charge is -2.15. The molecule has 0 unspecified atom stereocenters. The molecule has 0 atom stereocenters. The van der Waals surface area contributed by atoms with Crippen LogP contribution in [-0.4, -0.2) is 15.0 Å². The van der Waals surface area contributed by atoms with Crippen molar-refractivity contribution in [1.82, 2.24) is 15.0 Å². The Hall–Kier alpha value is -1.98. The molecule has 3 nitrogen and oxygen atoms in total. The van der Waals surface area contributed by atoms with Crippen molar-refractivity contribution in [3.63, 3.8) is 0 Å². The highest BCUT2D eigenvalue weighted by Crippen LogP contribution is 2.47. The van der Waals surface area contributed by atoms with Gasteiger partial charge in [0, 0.05) is 37.7 Å². The van der Waals surface area contributed by atoms with Crippen LogP contribution in [0.15, 0.2) is 0 Å². The SMILES string of the molecule is Cc1sc(-c2c(C)c(C)c(-c3sc(C)c(C)c3C)c3nn(C)nc23)c(C)c1C. The molecule has 1 aromatic carbocycles. The van der Waals surface area contributed by atoms with E-state index in [0.717, 1.165) is 11.0 Å². The molecule has 0 saturated carbocycles. The molecule has 5 heteroatoms. The average molecular weight is 410 g/mol. The third kappa shape index (κ3) is 2.60. The first kappa shape index (κ1) is 19.3. The van der Waals surface area contributed by atoms with Gasteiger partial charge in [-0.05, 0) is 88.8 Å². The monoisotopic (exact) mass is 409 g/mol. The average Bonchev–Trinajstić information content (AvgIpc) is 3.22. The summed E-state index contributed by atoms with van der Waals surface area (Å²) < 4.78 is 0. The maximum Gasteiger partial charge on any atom is 0.122 e. The Morgan fingerprint density at radius 3 is 1.18 bits per heavy atom. The molecule has 28 heavy (non-hydrogen) atoms. The van der Waals surface area contributed by atoms with Gasteiger partial charge in [-0.3, -0.25) is 0 Å². The van der Waals surface area contributed by atoms with Crippen molar-refractivity contribution in [3.8, 4) is 20.9 Å². The summed E-state index contributed by atoms with van der Waals surface area (Å²) in [5, 5.41) is 9.67. The zero-order valence-electron chi connectivity index (χ0n) is 18.2. The van der Waals surface area contributed by atoms with Crippen molar-refractivity contribution in [2.75, 3.05) is 0 Å². The zero-order valence-corrected chi connectivity index (χ0v) is 19.8. The summed E-state index contributed by atoms with van der Waals surface area (Å²) in [6.45, 7) is 17.8. The molecule has 3 heterocycles. The van der Waals surface area contributed by atoms with Gasteiger partial charge in [0.2, 0.25) is 0 Å². The quantitative estimate of drug-likeness (QED) is 0.361. The van der Waals surface area contributed by atoms with Crippen LogP contribution in [0.1, 0.15) is 43.1 Å². The molecule has 146 valence electrons. The summed E-state index contributed by atoms with van der Waals surface area (Å²) in [5.41, 5.74) is 12.7. The van der Waals surface area contributed by atoms with E-state index in [2.05, 4.69) is 55.4 Å². The van der Waals surface area contributed by atoms with Crippen LogP contribution in [0.2, 0.25) is 0 Å². The van der Waals surface area contributed by atoms with Gasteiger partial charge in [-0.2, -0.15) is 15.0 Å². The molecule has 0 radical (unpaired) electrons. The van der Waals surface area contributed by atoms with E-state index < -0.39 is 0 Å². The molecule has 0 bridgehead atoms. The largest absolute Gasteiger partial charge is 0.187 e. The minimum Gasteiger partial charge on any atom is -0.187 e. The lowest BCUT2D eigenvalue weighted by molar-refractivity contribution is 0.665. The van der Waals surface area contributed by atoms with Gasteiger partial charge < -0.3 is 0 Å². The molecule has 0 saturated heterocycles. The molecule has 0 fully saturated rings. The number of hydrogen-bond donors (Lipinski definition) is 0. The Morgan fingerprint density at radius 2 is 0.893 bits per heavy atom. The smallest absolute Gasteiger partial charge is 0.122 e. The number of nitrogens with zero attached hydrogens (tertiary/aromatic N) is 3. The van der Waals surface area contributed by atoms with E-state index in [-0.39, 0.29) is 0 Å². The molecule has 0 N–H and O–H groups in total. The predicted molar refractivity (Wildman–Crippen MR) is 123 cm³/mol. The Kier molecular flexibility index (Phi) is 4.51. The van der Waals surface area contributed by atoms with Crippen LogP contribution in [0.4, 0.5) is 0 Å². The van der Waals surface area contributed by atoms with Gasteiger partial charge in [0.25, 0.3) is 0 Å². The van der Waals surface area contributed by atoms with Crippen molar-refractivity contribution >= 4 is 33.7 Å². The zero-order chi connectivity index (χ0) is 20.5. The number of rotatable bonds is 2. The number of aromatic nitrogens is 3. The Labute approximate surface area is 175 Å². The Balaban J connectivity index is 2.16. The molecule has 0 aliphatic rings. The van der Waals surface area contributed by atoms with Crippen LogP contribution in [0.3, 0.4) is 0 Å². The van der Waals surface area contributed by atoms with Crippen molar-refractivity contribution in [1.29, 1.82) is 0 Å². The minimum atomic E-state index is 1.02. The molecule has 4 rings (SSSR count). The summed E-state index contributed by atoms with van der Waals surface area (Å²) in [6.07, 6.45) is 0. The molecule has 0 amide bonds. The highest BCUT2D eigenvalue weighted by Gasteiger charge is 2.25. The molecule has 0 spiro atoms. The molecule has 4 aromatic rings. The number of hydrogen-bond acceptors (Lipinski definition) is 4. The van der Waals surface area contributed by atoms with E-state index in [4.69, 9.17) is 10.2 Å². The van der Waals surface area contributed by atoms with Crippen molar-refractivity contribution in [3.05, 3.63) is 43.1 Å². The van der Waals surface area contributed by atoms with E-state index in [1.54, 1.807) is 4.80 Å². The second-order valence-electron chi connectivity index (χ2n) is 7.86. The van der Waals surface area contributed by atoms with Crippen molar-refractivity contribution in [2.24, 2.45) is 7.05 Å². The maximum atomic E-state index is 4.83. The van der Waals surface area contributed by atoms with Gasteiger partial charge in [-0.15, -0.1) is 22.7 Å². The fourth-order valence-electron chi connectivity index (χ4n) is 3.99. The molecular formula is C23H27N3S2.